The summed E-state index contributed by atoms with van der Waals surface area (Å²) in [5.41, 5.74) is 0.922. The first-order valence-corrected chi connectivity index (χ1v) is 7.95. The van der Waals surface area contributed by atoms with Gasteiger partial charge in [-0.25, -0.2) is 0 Å². The van der Waals surface area contributed by atoms with Crippen molar-refractivity contribution < 1.29 is 4.74 Å². The van der Waals surface area contributed by atoms with Crippen LogP contribution in [0.3, 0.4) is 0 Å². The van der Waals surface area contributed by atoms with E-state index in [1.54, 1.807) is 11.3 Å². The first-order valence-electron chi connectivity index (χ1n) is 7.07. The summed E-state index contributed by atoms with van der Waals surface area (Å²) < 4.78 is 6.28. The SMILES string of the molecule is CNCC[C@H](Oc1cccc2cccnc12)c1cccs1. The largest absolute Gasteiger partial charge is 0.483 e. The summed E-state index contributed by atoms with van der Waals surface area (Å²) >= 11 is 1.73. The van der Waals surface area contributed by atoms with Crippen molar-refractivity contribution >= 4 is 22.2 Å². The molecule has 0 amide bonds. The Hall–Kier alpha value is -1.91. The molecule has 0 saturated heterocycles. The lowest BCUT2D eigenvalue weighted by atomic mass is 10.2. The molecule has 0 aliphatic rings. The molecule has 2 aromatic heterocycles. The maximum absolute atomic E-state index is 6.28. The van der Waals surface area contributed by atoms with Crippen molar-refractivity contribution in [2.24, 2.45) is 0 Å². The maximum atomic E-state index is 6.28. The second-order valence-corrected chi connectivity index (χ2v) is 5.82. The summed E-state index contributed by atoms with van der Waals surface area (Å²) in [6.45, 7) is 0.917. The molecule has 0 fully saturated rings. The van der Waals surface area contributed by atoms with Crippen LogP contribution in [0.2, 0.25) is 0 Å². The summed E-state index contributed by atoms with van der Waals surface area (Å²) in [5.74, 6) is 0.850. The van der Waals surface area contributed by atoms with E-state index in [1.165, 1.54) is 4.88 Å². The van der Waals surface area contributed by atoms with Crippen LogP contribution >= 0.6 is 11.3 Å². The number of nitrogens with one attached hydrogen (secondary N) is 1. The van der Waals surface area contributed by atoms with E-state index in [2.05, 4.69) is 39.9 Å². The van der Waals surface area contributed by atoms with Gasteiger partial charge in [-0.1, -0.05) is 24.3 Å². The highest BCUT2D eigenvalue weighted by Crippen LogP contribution is 2.31. The Bertz CT molecular complexity index is 692. The van der Waals surface area contributed by atoms with Gasteiger partial charge < -0.3 is 10.1 Å². The van der Waals surface area contributed by atoms with Gasteiger partial charge in [-0.15, -0.1) is 11.3 Å². The first-order chi connectivity index (χ1) is 10.4. The smallest absolute Gasteiger partial charge is 0.146 e. The molecule has 1 atom stereocenters. The van der Waals surface area contributed by atoms with E-state index in [1.807, 2.05) is 31.4 Å². The molecule has 0 unspecified atom stereocenters. The molecule has 0 radical (unpaired) electrons. The fraction of sp³-hybridized carbons (Fsp3) is 0.235. The molecule has 21 heavy (non-hydrogen) atoms. The molecule has 2 heterocycles. The molecule has 1 aromatic carbocycles. The quantitative estimate of drug-likeness (QED) is 0.746. The van der Waals surface area contributed by atoms with Crippen LogP contribution in [0.15, 0.2) is 54.0 Å². The molecule has 0 spiro atoms. The molecular weight excluding hydrogens is 280 g/mol. The van der Waals surface area contributed by atoms with E-state index >= 15 is 0 Å². The number of fused-ring (bicyclic) bond motifs is 1. The van der Waals surface area contributed by atoms with Crippen LogP contribution in [0.1, 0.15) is 17.4 Å². The summed E-state index contributed by atoms with van der Waals surface area (Å²) in [4.78, 5) is 5.71. The third-order valence-electron chi connectivity index (χ3n) is 3.38. The predicted octanol–water partition coefficient (Wildman–Crippen LogP) is 4.03. The molecule has 108 valence electrons. The fourth-order valence-electron chi connectivity index (χ4n) is 2.33. The second-order valence-electron chi connectivity index (χ2n) is 4.85. The van der Waals surface area contributed by atoms with Crippen molar-refractivity contribution in [3.05, 3.63) is 58.9 Å². The zero-order valence-corrected chi connectivity index (χ0v) is 12.8. The van der Waals surface area contributed by atoms with Gasteiger partial charge in [0.1, 0.15) is 17.4 Å². The van der Waals surface area contributed by atoms with Crippen molar-refractivity contribution in [2.45, 2.75) is 12.5 Å². The highest BCUT2D eigenvalue weighted by Gasteiger charge is 2.15. The maximum Gasteiger partial charge on any atom is 0.146 e. The predicted molar refractivity (Wildman–Crippen MR) is 88.0 cm³/mol. The van der Waals surface area contributed by atoms with Gasteiger partial charge >= 0.3 is 0 Å². The molecule has 1 N–H and O–H groups in total. The van der Waals surface area contributed by atoms with Crippen LogP contribution in [-0.2, 0) is 0 Å². The minimum absolute atomic E-state index is 0.0602. The van der Waals surface area contributed by atoms with Crippen molar-refractivity contribution in [1.82, 2.24) is 10.3 Å². The van der Waals surface area contributed by atoms with E-state index in [-0.39, 0.29) is 6.10 Å². The number of benzene rings is 1. The monoisotopic (exact) mass is 298 g/mol. The van der Waals surface area contributed by atoms with E-state index < -0.39 is 0 Å². The van der Waals surface area contributed by atoms with E-state index in [4.69, 9.17) is 4.74 Å². The molecule has 3 nitrogen and oxygen atoms in total. The lowest BCUT2D eigenvalue weighted by Crippen LogP contribution is -2.15. The number of thiophene rings is 1. The Morgan fingerprint density at radius 2 is 2.10 bits per heavy atom. The van der Waals surface area contributed by atoms with Crippen LogP contribution in [0, 0.1) is 0 Å². The van der Waals surface area contributed by atoms with E-state index in [9.17, 15) is 0 Å². The Balaban J connectivity index is 1.90. The number of aromatic nitrogens is 1. The zero-order valence-electron chi connectivity index (χ0n) is 12.0. The normalized spacial score (nSPS) is 12.4. The molecular formula is C17H18N2OS. The number of nitrogens with zero attached hydrogens (tertiary/aromatic N) is 1. The van der Waals surface area contributed by atoms with Gasteiger partial charge in [0.2, 0.25) is 0 Å². The summed E-state index contributed by atoms with van der Waals surface area (Å²) in [6, 6.07) is 14.3. The van der Waals surface area contributed by atoms with Crippen molar-refractivity contribution in [1.29, 1.82) is 0 Å². The van der Waals surface area contributed by atoms with Gasteiger partial charge in [0.25, 0.3) is 0 Å². The summed E-state index contributed by atoms with van der Waals surface area (Å²) in [7, 11) is 1.96. The summed E-state index contributed by atoms with van der Waals surface area (Å²) in [6.07, 6.45) is 2.80. The average Bonchev–Trinajstić information content (AvgIpc) is 3.06. The Morgan fingerprint density at radius 1 is 1.19 bits per heavy atom. The number of rotatable bonds is 6. The highest BCUT2D eigenvalue weighted by molar-refractivity contribution is 7.10. The Morgan fingerprint density at radius 3 is 2.90 bits per heavy atom. The molecule has 3 rings (SSSR count). The van der Waals surface area contributed by atoms with Crippen LogP contribution in [0.5, 0.6) is 5.75 Å². The van der Waals surface area contributed by atoms with Gasteiger partial charge in [0.15, 0.2) is 0 Å². The third kappa shape index (κ3) is 3.23. The number of para-hydroxylation sites is 1. The standard InChI is InChI=1S/C17H18N2OS/c1-18-11-9-14(16-8-4-12-21-16)20-15-7-2-5-13-6-3-10-19-17(13)15/h2-8,10,12,14,18H,9,11H2,1H3/t14-/m0/s1. The van der Waals surface area contributed by atoms with Gasteiger partial charge in [0, 0.05) is 22.9 Å². The number of ether oxygens (including phenoxy) is 1. The third-order valence-corrected chi connectivity index (χ3v) is 4.35. The lowest BCUT2D eigenvalue weighted by Gasteiger charge is -2.18. The van der Waals surface area contributed by atoms with E-state index in [0.717, 1.165) is 29.6 Å². The van der Waals surface area contributed by atoms with E-state index in [0.29, 0.717) is 0 Å². The molecule has 0 bridgehead atoms. The van der Waals surface area contributed by atoms with Gasteiger partial charge in [0.05, 0.1) is 0 Å². The molecule has 4 heteroatoms. The van der Waals surface area contributed by atoms with Crippen molar-refractivity contribution in [3.8, 4) is 5.75 Å². The van der Waals surface area contributed by atoms with Crippen molar-refractivity contribution in [2.75, 3.05) is 13.6 Å². The highest BCUT2D eigenvalue weighted by atomic mass is 32.1. The molecule has 3 aromatic rings. The Labute approximate surface area is 128 Å². The topological polar surface area (TPSA) is 34.1 Å². The Kier molecular flexibility index (Phi) is 4.48. The fourth-order valence-corrected chi connectivity index (χ4v) is 3.12. The van der Waals surface area contributed by atoms with Crippen molar-refractivity contribution in [3.63, 3.8) is 0 Å². The molecule has 0 saturated carbocycles. The van der Waals surface area contributed by atoms with Crippen LogP contribution in [-0.4, -0.2) is 18.6 Å². The molecule has 0 aliphatic heterocycles. The van der Waals surface area contributed by atoms with Crippen LogP contribution < -0.4 is 10.1 Å². The number of pyridine rings is 1. The minimum Gasteiger partial charge on any atom is -0.483 e. The lowest BCUT2D eigenvalue weighted by molar-refractivity contribution is 0.201. The van der Waals surface area contributed by atoms with Gasteiger partial charge in [-0.2, -0.15) is 0 Å². The van der Waals surface area contributed by atoms with Gasteiger partial charge in [-0.3, -0.25) is 4.98 Å². The molecule has 0 aliphatic carbocycles. The van der Waals surface area contributed by atoms with Crippen LogP contribution in [0.25, 0.3) is 10.9 Å². The first kappa shape index (κ1) is 14.0. The number of hydrogen-bond acceptors (Lipinski definition) is 4. The summed E-state index contributed by atoms with van der Waals surface area (Å²) in [5, 5.41) is 6.39. The van der Waals surface area contributed by atoms with Gasteiger partial charge in [-0.05, 0) is 37.2 Å². The number of hydrogen-bond donors (Lipinski definition) is 1. The zero-order chi connectivity index (χ0) is 14.5. The average molecular weight is 298 g/mol. The second kappa shape index (κ2) is 6.70. The van der Waals surface area contributed by atoms with Crippen LogP contribution in [0.4, 0.5) is 0 Å². The minimum atomic E-state index is 0.0602.